The van der Waals surface area contributed by atoms with Gasteiger partial charge >= 0.3 is 0 Å². The quantitative estimate of drug-likeness (QED) is 0.801. The van der Waals surface area contributed by atoms with Crippen molar-refractivity contribution in [2.75, 3.05) is 26.2 Å². The number of piperidine rings is 1. The van der Waals surface area contributed by atoms with Crippen LogP contribution < -0.4 is 4.74 Å². The van der Waals surface area contributed by atoms with Crippen LogP contribution in [0.15, 0.2) is 42.5 Å². The zero-order chi connectivity index (χ0) is 17.6. The molecular weight excluding hydrogens is 360 g/mol. The number of likely N-dealkylation sites (tertiary alicyclic amines) is 1. The molecule has 142 valence electrons. The molecule has 0 bridgehead atoms. The number of phenols is 1. The molecule has 0 saturated carbocycles. The van der Waals surface area contributed by atoms with Crippen LogP contribution in [0, 0.1) is 17.6 Å². The molecule has 3 rings (SSSR count). The molecule has 0 radical (unpaired) electrons. The van der Waals surface area contributed by atoms with Crippen LogP contribution in [0.5, 0.6) is 11.5 Å². The SMILES string of the molecule is Cl.Oc1ccc(OCCN2CCC(Cc3ccc(F)cc3)CC2)cc1F. The van der Waals surface area contributed by atoms with Crippen molar-refractivity contribution in [1.82, 2.24) is 4.90 Å². The number of rotatable bonds is 6. The van der Waals surface area contributed by atoms with Gasteiger partial charge in [-0.05, 0) is 68.1 Å². The standard InChI is InChI=1S/C20H23F2NO2.ClH/c21-17-3-1-15(2-4-17)13-16-7-9-23(10-8-16)11-12-25-18-5-6-20(24)19(22)14-18;/h1-6,14,16,24H,7-13H2;1H. The van der Waals surface area contributed by atoms with Crippen LogP contribution in [-0.4, -0.2) is 36.2 Å². The molecule has 1 N–H and O–H groups in total. The lowest BCUT2D eigenvalue weighted by atomic mass is 9.90. The van der Waals surface area contributed by atoms with Crippen LogP contribution in [0.3, 0.4) is 0 Å². The molecule has 0 aliphatic carbocycles. The summed E-state index contributed by atoms with van der Waals surface area (Å²) in [7, 11) is 0. The van der Waals surface area contributed by atoms with E-state index >= 15 is 0 Å². The monoisotopic (exact) mass is 383 g/mol. The molecule has 1 heterocycles. The molecule has 2 aromatic rings. The Kier molecular flexibility index (Phi) is 7.66. The van der Waals surface area contributed by atoms with E-state index in [1.54, 1.807) is 6.07 Å². The highest BCUT2D eigenvalue weighted by Crippen LogP contribution is 2.23. The summed E-state index contributed by atoms with van der Waals surface area (Å²) in [5.74, 6) is -0.155. The number of halogens is 3. The van der Waals surface area contributed by atoms with E-state index in [1.165, 1.54) is 29.8 Å². The van der Waals surface area contributed by atoms with Gasteiger partial charge in [-0.15, -0.1) is 12.4 Å². The predicted octanol–water partition coefficient (Wildman–Crippen LogP) is 4.43. The number of ether oxygens (including phenoxy) is 1. The maximum Gasteiger partial charge on any atom is 0.168 e. The van der Waals surface area contributed by atoms with Crippen molar-refractivity contribution in [3.8, 4) is 11.5 Å². The molecule has 6 heteroatoms. The van der Waals surface area contributed by atoms with Crippen molar-refractivity contribution >= 4 is 12.4 Å². The Morgan fingerprint density at radius 3 is 2.38 bits per heavy atom. The van der Waals surface area contributed by atoms with E-state index in [0.717, 1.165) is 38.9 Å². The summed E-state index contributed by atoms with van der Waals surface area (Å²) in [5.41, 5.74) is 1.19. The zero-order valence-electron chi connectivity index (χ0n) is 14.5. The number of benzene rings is 2. The summed E-state index contributed by atoms with van der Waals surface area (Å²) in [6, 6.07) is 10.8. The lowest BCUT2D eigenvalue weighted by molar-refractivity contribution is 0.154. The Hall–Kier alpha value is -1.85. The number of phenolic OH excluding ortho intramolecular Hbond substituents is 1. The van der Waals surface area contributed by atoms with Gasteiger partial charge in [0.2, 0.25) is 0 Å². The highest BCUT2D eigenvalue weighted by Gasteiger charge is 2.19. The van der Waals surface area contributed by atoms with Gasteiger partial charge in [0.15, 0.2) is 11.6 Å². The molecule has 0 unspecified atom stereocenters. The van der Waals surface area contributed by atoms with E-state index in [-0.39, 0.29) is 24.0 Å². The van der Waals surface area contributed by atoms with Crippen LogP contribution in [0.1, 0.15) is 18.4 Å². The van der Waals surface area contributed by atoms with E-state index < -0.39 is 5.82 Å². The summed E-state index contributed by atoms with van der Waals surface area (Å²) in [5, 5.41) is 9.16. The average molecular weight is 384 g/mol. The van der Waals surface area contributed by atoms with E-state index in [1.807, 2.05) is 12.1 Å². The number of nitrogens with zero attached hydrogens (tertiary/aromatic N) is 1. The molecule has 26 heavy (non-hydrogen) atoms. The van der Waals surface area contributed by atoms with Gasteiger partial charge in [0.05, 0.1) is 0 Å². The van der Waals surface area contributed by atoms with Crippen molar-refractivity contribution in [3.63, 3.8) is 0 Å². The Labute approximate surface area is 159 Å². The van der Waals surface area contributed by atoms with E-state index in [9.17, 15) is 8.78 Å². The first-order valence-corrected chi connectivity index (χ1v) is 8.68. The van der Waals surface area contributed by atoms with Crippen LogP contribution in [0.4, 0.5) is 8.78 Å². The zero-order valence-corrected chi connectivity index (χ0v) is 15.4. The predicted molar refractivity (Wildman–Crippen MR) is 100 cm³/mol. The number of hydrogen-bond donors (Lipinski definition) is 1. The van der Waals surface area contributed by atoms with Gasteiger partial charge in [0.25, 0.3) is 0 Å². The minimum atomic E-state index is -0.667. The van der Waals surface area contributed by atoms with E-state index in [2.05, 4.69) is 4.90 Å². The minimum absolute atomic E-state index is 0. The Morgan fingerprint density at radius 1 is 1.04 bits per heavy atom. The third kappa shape index (κ3) is 5.85. The van der Waals surface area contributed by atoms with Gasteiger partial charge in [-0.2, -0.15) is 0 Å². The fourth-order valence-electron chi connectivity index (χ4n) is 3.24. The van der Waals surface area contributed by atoms with Gasteiger partial charge in [0.1, 0.15) is 18.2 Å². The third-order valence-electron chi connectivity index (χ3n) is 4.74. The molecule has 0 atom stereocenters. The second kappa shape index (κ2) is 9.74. The molecule has 1 aliphatic rings. The highest BCUT2D eigenvalue weighted by atomic mass is 35.5. The van der Waals surface area contributed by atoms with E-state index in [4.69, 9.17) is 9.84 Å². The first-order chi connectivity index (χ1) is 12.1. The highest BCUT2D eigenvalue weighted by molar-refractivity contribution is 5.85. The van der Waals surface area contributed by atoms with Crippen LogP contribution in [-0.2, 0) is 6.42 Å². The lowest BCUT2D eigenvalue weighted by Gasteiger charge is -2.31. The van der Waals surface area contributed by atoms with Gasteiger partial charge in [0, 0.05) is 12.6 Å². The van der Waals surface area contributed by atoms with E-state index in [0.29, 0.717) is 18.3 Å². The summed E-state index contributed by atoms with van der Waals surface area (Å²) in [6.07, 6.45) is 3.23. The molecule has 1 fully saturated rings. The minimum Gasteiger partial charge on any atom is -0.505 e. The van der Waals surface area contributed by atoms with Gasteiger partial charge in [-0.3, -0.25) is 4.90 Å². The Morgan fingerprint density at radius 2 is 1.73 bits per heavy atom. The molecule has 1 saturated heterocycles. The maximum absolute atomic E-state index is 13.2. The van der Waals surface area contributed by atoms with Crippen LogP contribution >= 0.6 is 12.4 Å². The van der Waals surface area contributed by atoms with Gasteiger partial charge < -0.3 is 9.84 Å². The second-order valence-corrected chi connectivity index (χ2v) is 6.58. The fraction of sp³-hybridized carbons (Fsp3) is 0.400. The summed E-state index contributed by atoms with van der Waals surface area (Å²) >= 11 is 0. The summed E-state index contributed by atoms with van der Waals surface area (Å²) < 4.78 is 31.7. The van der Waals surface area contributed by atoms with Crippen molar-refractivity contribution in [3.05, 3.63) is 59.7 Å². The van der Waals surface area contributed by atoms with Gasteiger partial charge in [-0.1, -0.05) is 12.1 Å². The summed E-state index contributed by atoms with van der Waals surface area (Å²) in [6.45, 7) is 3.32. The normalized spacial score (nSPS) is 15.5. The largest absolute Gasteiger partial charge is 0.505 e. The maximum atomic E-state index is 13.2. The molecule has 0 spiro atoms. The fourth-order valence-corrected chi connectivity index (χ4v) is 3.24. The average Bonchev–Trinajstić information content (AvgIpc) is 2.61. The third-order valence-corrected chi connectivity index (χ3v) is 4.74. The van der Waals surface area contributed by atoms with Crippen LogP contribution in [0.25, 0.3) is 0 Å². The van der Waals surface area contributed by atoms with Gasteiger partial charge in [-0.25, -0.2) is 8.78 Å². The molecule has 2 aromatic carbocycles. The van der Waals surface area contributed by atoms with Crippen molar-refractivity contribution in [1.29, 1.82) is 0 Å². The second-order valence-electron chi connectivity index (χ2n) is 6.58. The van der Waals surface area contributed by atoms with Crippen molar-refractivity contribution in [2.45, 2.75) is 19.3 Å². The molecule has 0 aromatic heterocycles. The number of aromatic hydroxyl groups is 1. The van der Waals surface area contributed by atoms with Crippen LogP contribution in [0.2, 0.25) is 0 Å². The Bertz CT molecular complexity index is 689. The smallest absolute Gasteiger partial charge is 0.168 e. The molecule has 1 aliphatic heterocycles. The summed E-state index contributed by atoms with van der Waals surface area (Å²) in [4.78, 5) is 2.35. The van der Waals surface area contributed by atoms with Crippen molar-refractivity contribution < 1.29 is 18.6 Å². The molecule has 3 nitrogen and oxygen atoms in total. The lowest BCUT2D eigenvalue weighted by Crippen LogP contribution is -2.37. The van der Waals surface area contributed by atoms with Crippen molar-refractivity contribution in [2.24, 2.45) is 5.92 Å². The topological polar surface area (TPSA) is 32.7 Å². The molecular formula is C20H24ClF2NO2. The first-order valence-electron chi connectivity index (χ1n) is 8.68. The Balaban J connectivity index is 0.00000243. The first kappa shape index (κ1) is 20.5. The molecule has 0 amide bonds. The number of hydrogen-bond acceptors (Lipinski definition) is 3.